The Morgan fingerprint density at radius 1 is 1.31 bits per heavy atom. The molecule has 0 spiro atoms. The van der Waals surface area contributed by atoms with Crippen LogP contribution in [0.2, 0.25) is 0 Å². The van der Waals surface area contributed by atoms with E-state index in [0.717, 1.165) is 17.3 Å². The highest BCUT2D eigenvalue weighted by atomic mass is 14.6. The maximum atomic E-state index is 8.82. The van der Waals surface area contributed by atoms with E-state index in [1.807, 2.05) is 12.1 Å². The average Bonchev–Trinajstić information content (AvgIpc) is 2.35. The predicted molar refractivity (Wildman–Crippen MR) is 65.1 cm³/mol. The Morgan fingerprint density at radius 3 is 2.94 bits per heavy atom. The Kier molecular flexibility index (Phi) is 3.16. The van der Waals surface area contributed by atoms with Gasteiger partial charge in [-0.15, -0.1) is 0 Å². The van der Waals surface area contributed by atoms with Crippen LogP contribution in [0.1, 0.15) is 30.9 Å². The monoisotopic (exact) mass is 210 g/mol. The number of rotatable bonds is 3. The molecular formula is C14H14N2. The van der Waals surface area contributed by atoms with Crippen molar-refractivity contribution in [2.24, 2.45) is 0 Å². The summed E-state index contributed by atoms with van der Waals surface area (Å²) in [5, 5.41) is 9.88. The molecule has 2 nitrogen and oxygen atoms in total. The van der Waals surface area contributed by atoms with Crippen LogP contribution in [0.4, 0.5) is 0 Å². The van der Waals surface area contributed by atoms with E-state index in [2.05, 4.69) is 30.1 Å². The molecule has 0 saturated carbocycles. The van der Waals surface area contributed by atoms with E-state index in [9.17, 15) is 0 Å². The summed E-state index contributed by atoms with van der Waals surface area (Å²) in [4.78, 5) is 4.25. The number of hydrogen-bond acceptors (Lipinski definition) is 2. The molecule has 2 heteroatoms. The van der Waals surface area contributed by atoms with E-state index in [0.29, 0.717) is 5.56 Å². The number of aryl methyl sites for hydroxylation is 1. The molecule has 0 N–H and O–H groups in total. The van der Waals surface area contributed by atoms with Crippen LogP contribution in [0.25, 0.3) is 10.9 Å². The fraction of sp³-hybridized carbons (Fsp3) is 0.286. The van der Waals surface area contributed by atoms with Crippen LogP contribution in [0.15, 0.2) is 30.5 Å². The van der Waals surface area contributed by atoms with Gasteiger partial charge in [-0.2, -0.15) is 5.26 Å². The van der Waals surface area contributed by atoms with Gasteiger partial charge in [-0.05, 0) is 36.6 Å². The lowest BCUT2D eigenvalue weighted by Gasteiger charge is -2.02. The second kappa shape index (κ2) is 4.76. The highest BCUT2D eigenvalue weighted by molar-refractivity contribution is 5.80. The van der Waals surface area contributed by atoms with Crippen LogP contribution >= 0.6 is 0 Å². The van der Waals surface area contributed by atoms with Crippen molar-refractivity contribution in [3.8, 4) is 6.07 Å². The minimum atomic E-state index is 0.625. The van der Waals surface area contributed by atoms with E-state index in [4.69, 9.17) is 5.26 Å². The number of fused-ring (bicyclic) bond motifs is 1. The molecule has 0 bridgehead atoms. The maximum Gasteiger partial charge on any atom is 0.101 e. The molecule has 0 fully saturated rings. The first-order chi connectivity index (χ1) is 7.83. The molecule has 0 amide bonds. The van der Waals surface area contributed by atoms with Crippen LogP contribution in [-0.4, -0.2) is 4.98 Å². The van der Waals surface area contributed by atoms with Gasteiger partial charge in [-0.1, -0.05) is 19.4 Å². The molecule has 0 saturated heterocycles. The minimum Gasteiger partial charge on any atom is -0.255 e. The highest BCUT2D eigenvalue weighted by Gasteiger charge is 1.99. The first kappa shape index (κ1) is 10.6. The van der Waals surface area contributed by atoms with Crippen LogP contribution in [-0.2, 0) is 6.42 Å². The van der Waals surface area contributed by atoms with Crippen molar-refractivity contribution in [3.05, 3.63) is 41.6 Å². The van der Waals surface area contributed by atoms with Crippen molar-refractivity contribution in [2.45, 2.75) is 26.2 Å². The molecule has 2 aromatic rings. The third-order valence-corrected chi connectivity index (χ3v) is 2.69. The van der Waals surface area contributed by atoms with E-state index < -0.39 is 0 Å². The lowest BCUT2D eigenvalue weighted by Crippen LogP contribution is -1.87. The summed E-state index contributed by atoms with van der Waals surface area (Å²) in [5.41, 5.74) is 2.91. The van der Waals surface area contributed by atoms with Crippen molar-refractivity contribution < 1.29 is 0 Å². The number of aromatic nitrogens is 1. The van der Waals surface area contributed by atoms with Crippen LogP contribution in [0.3, 0.4) is 0 Å². The van der Waals surface area contributed by atoms with Crippen molar-refractivity contribution in [1.82, 2.24) is 4.98 Å². The standard InChI is InChI=1S/C14H14N2/c1-2-3-4-11-5-6-14-13(7-11)8-12(9-15)10-16-14/h5-8,10H,2-4H2,1H3. The lowest BCUT2D eigenvalue weighted by molar-refractivity contribution is 0.796. The molecule has 1 aromatic heterocycles. The van der Waals surface area contributed by atoms with Crippen molar-refractivity contribution >= 4 is 10.9 Å². The lowest BCUT2D eigenvalue weighted by atomic mass is 10.1. The molecule has 0 aliphatic heterocycles. The minimum absolute atomic E-state index is 0.625. The summed E-state index contributed by atoms with van der Waals surface area (Å²) in [6.07, 6.45) is 5.13. The number of unbranched alkanes of at least 4 members (excludes halogenated alkanes) is 1. The van der Waals surface area contributed by atoms with Crippen molar-refractivity contribution in [2.75, 3.05) is 0 Å². The Labute approximate surface area is 95.6 Å². The van der Waals surface area contributed by atoms with E-state index in [1.54, 1.807) is 6.20 Å². The van der Waals surface area contributed by atoms with Gasteiger partial charge in [0, 0.05) is 11.6 Å². The zero-order valence-corrected chi connectivity index (χ0v) is 9.40. The molecule has 80 valence electrons. The first-order valence-corrected chi connectivity index (χ1v) is 5.62. The molecule has 0 aliphatic rings. The normalized spacial score (nSPS) is 10.2. The van der Waals surface area contributed by atoms with Gasteiger partial charge < -0.3 is 0 Å². The third-order valence-electron chi connectivity index (χ3n) is 2.69. The Hall–Kier alpha value is -1.88. The number of pyridine rings is 1. The van der Waals surface area contributed by atoms with Crippen LogP contribution < -0.4 is 0 Å². The fourth-order valence-corrected chi connectivity index (χ4v) is 1.78. The molecule has 0 unspecified atom stereocenters. The Morgan fingerprint density at radius 2 is 2.19 bits per heavy atom. The second-order valence-corrected chi connectivity index (χ2v) is 3.97. The predicted octanol–water partition coefficient (Wildman–Crippen LogP) is 3.45. The number of nitriles is 1. The van der Waals surface area contributed by atoms with Gasteiger partial charge in [-0.25, -0.2) is 0 Å². The SMILES string of the molecule is CCCCc1ccc2ncc(C#N)cc2c1. The molecule has 2 rings (SSSR count). The average molecular weight is 210 g/mol. The van der Waals surface area contributed by atoms with Crippen LogP contribution in [0, 0.1) is 11.3 Å². The van der Waals surface area contributed by atoms with Crippen LogP contribution in [0.5, 0.6) is 0 Å². The van der Waals surface area contributed by atoms with E-state index in [-0.39, 0.29) is 0 Å². The van der Waals surface area contributed by atoms with Crippen molar-refractivity contribution in [1.29, 1.82) is 5.26 Å². The smallest absolute Gasteiger partial charge is 0.101 e. The maximum absolute atomic E-state index is 8.82. The van der Waals surface area contributed by atoms with E-state index >= 15 is 0 Å². The topological polar surface area (TPSA) is 36.7 Å². The third kappa shape index (κ3) is 2.20. The molecule has 1 aromatic carbocycles. The van der Waals surface area contributed by atoms with Gasteiger partial charge in [0.05, 0.1) is 11.1 Å². The molecule has 1 heterocycles. The summed E-state index contributed by atoms with van der Waals surface area (Å²) in [6.45, 7) is 2.19. The summed E-state index contributed by atoms with van der Waals surface area (Å²) < 4.78 is 0. The summed E-state index contributed by atoms with van der Waals surface area (Å²) in [5.74, 6) is 0. The largest absolute Gasteiger partial charge is 0.255 e. The molecular weight excluding hydrogens is 196 g/mol. The van der Waals surface area contributed by atoms with Gasteiger partial charge in [0.15, 0.2) is 0 Å². The van der Waals surface area contributed by atoms with E-state index in [1.165, 1.54) is 18.4 Å². The Bertz CT molecular complexity index is 538. The van der Waals surface area contributed by atoms with Gasteiger partial charge in [-0.3, -0.25) is 4.98 Å². The van der Waals surface area contributed by atoms with Gasteiger partial charge in [0.25, 0.3) is 0 Å². The first-order valence-electron chi connectivity index (χ1n) is 5.62. The quantitative estimate of drug-likeness (QED) is 0.778. The summed E-state index contributed by atoms with van der Waals surface area (Å²) >= 11 is 0. The summed E-state index contributed by atoms with van der Waals surface area (Å²) in [6, 6.07) is 10.3. The van der Waals surface area contributed by atoms with Crippen molar-refractivity contribution in [3.63, 3.8) is 0 Å². The zero-order valence-electron chi connectivity index (χ0n) is 9.40. The number of benzene rings is 1. The molecule has 0 aliphatic carbocycles. The van der Waals surface area contributed by atoms with Gasteiger partial charge in [0.1, 0.15) is 6.07 Å². The number of nitrogens with zero attached hydrogens (tertiary/aromatic N) is 2. The Balaban J connectivity index is 2.39. The molecule has 16 heavy (non-hydrogen) atoms. The zero-order chi connectivity index (χ0) is 11.4. The molecule has 0 radical (unpaired) electrons. The van der Waals surface area contributed by atoms with Gasteiger partial charge >= 0.3 is 0 Å². The van der Waals surface area contributed by atoms with Gasteiger partial charge in [0.2, 0.25) is 0 Å². The number of hydrogen-bond donors (Lipinski definition) is 0. The molecule has 0 atom stereocenters. The summed E-state index contributed by atoms with van der Waals surface area (Å²) in [7, 11) is 0. The fourth-order valence-electron chi connectivity index (χ4n) is 1.78. The highest BCUT2D eigenvalue weighted by Crippen LogP contribution is 2.16. The second-order valence-electron chi connectivity index (χ2n) is 3.97.